The molecule has 0 aromatic heterocycles. The number of hydrogen-bond acceptors (Lipinski definition) is 2. The molecule has 1 heterocycles. The molecule has 0 N–H and O–H groups in total. The van der Waals surface area contributed by atoms with Gasteiger partial charge in [0.1, 0.15) is 0 Å². The second-order valence-corrected chi connectivity index (χ2v) is 4.85. The molecule has 3 heteroatoms. The van der Waals surface area contributed by atoms with Crippen LogP contribution in [0.1, 0.15) is 44.9 Å². The van der Waals surface area contributed by atoms with E-state index in [-0.39, 0.29) is 6.29 Å². The van der Waals surface area contributed by atoms with Gasteiger partial charge in [-0.15, -0.1) is 0 Å². The number of unbranched alkanes of at least 4 members (excludes halogenated alkanes) is 3. The van der Waals surface area contributed by atoms with Gasteiger partial charge in [0.25, 0.3) is 0 Å². The second kappa shape index (κ2) is 8.92. The Morgan fingerprint density at radius 1 is 1.14 bits per heavy atom. The van der Waals surface area contributed by atoms with E-state index in [1.54, 1.807) is 0 Å². The fourth-order valence-electron chi connectivity index (χ4n) is 1.61. The van der Waals surface area contributed by atoms with Crippen LogP contribution in [0, 0.1) is 0 Å². The quantitative estimate of drug-likeness (QED) is 0.407. The minimum Gasteiger partial charge on any atom is -0.353 e. The fourth-order valence-corrected chi connectivity index (χ4v) is 2.15. The zero-order valence-electron chi connectivity index (χ0n) is 8.84. The van der Waals surface area contributed by atoms with E-state index in [1.807, 2.05) is 0 Å². The monoisotopic (exact) mass is 312 g/mol. The third-order valence-corrected chi connectivity index (χ3v) is 3.23. The lowest BCUT2D eigenvalue weighted by Gasteiger charge is -2.22. The van der Waals surface area contributed by atoms with Crippen molar-refractivity contribution in [2.75, 3.05) is 17.6 Å². The van der Waals surface area contributed by atoms with Gasteiger partial charge in [-0.2, -0.15) is 0 Å². The summed E-state index contributed by atoms with van der Waals surface area (Å²) >= 11 is 2.43. The van der Waals surface area contributed by atoms with Gasteiger partial charge in [-0.05, 0) is 36.5 Å². The summed E-state index contributed by atoms with van der Waals surface area (Å²) in [6, 6.07) is 0. The van der Waals surface area contributed by atoms with Crippen molar-refractivity contribution in [3.63, 3.8) is 0 Å². The second-order valence-electron chi connectivity index (χ2n) is 3.77. The first-order valence-corrected chi connectivity index (χ1v) is 7.25. The fraction of sp³-hybridized carbons (Fsp3) is 1.00. The van der Waals surface area contributed by atoms with Crippen molar-refractivity contribution in [1.82, 2.24) is 0 Å². The lowest BCUT2D eigenvalue weighted by molar-refractivity contribution is -0.162. The third-order valence-electron chi connectivity index (χ3n) is 2.47. The van der Waals surface area contributed by atoms with Crippen molar-refractivity contribution in [2.45, 2.75) is 51.2 Å². The van der Waals surface area contributed by atoms with Crippen LogP contribution < -0.4 is 0 Å². The Balaban J connectivity index is 1.82. The summed E-state index contributed by atoms with van der Waals surface area (Å²) < 4.78 is 12.4. The summed E-state index contributed by atoms with van der Waals surface area (Å²) in [6.45, 7) is 1.77. The molecule has 1 saturated heterocycles. The highest BCUT2D eigenvalue weighted by Gasteiger charge is 2.12. The topological polar surface area (TPSA) is 18.5 Å². The minimum atomic E-state index is 0.105. The first-order valence-electron chi connectivity index (χ1n) is 5.72. The number of ether oxygens (including phenoxy) is 2. The highest BCUT2D eigenvalue weighted by molar-refractivity contribution is 14.1. The summed E-state index contributed by atoms with van der Waals surface area (Å²) in [7, 11) is 0. The summed E-state index contributed by atoms with van der Waals surface area (Å²) in [5, 5.41) is 0. The molecule has 0 saturated carbocycles. The van der Waals surface area contributed by atoms with E-state index in [0.29, 0.717) is 0 Å². The Labute approximate surface area is 101 Å². The van der Waals surface area contributed by atoms with E-state index in [2.05, 4.69) is 22.6 Å². The van der Waals surface area contributed by atoms with Gasteiger partial charge >= 0.3 is 0 Å². The van der Waals surface area contributed by atoms with Crippen molar-refractivity contribution in [3.8, 4) is 0 Å². The average molecular weight is 312 g/mol. The first kappa shape index (κ1) is 12.7. The Hall–Kier alpha value is 0.650. The van der Waals surface area contributed by atoms with Crippen molar-refractivity contribution in [3.05, 3.63) is 0 Å². The van der Waals surface area contributed by atoms with Crippen LogP contribution >= 0.6 is 22.6 Å². The maximum Gasteiger partial charge on any atom is 0.157 e. The van der Waals surface area contributed by atoms with Crippen LogP contribution in [-0.4, -0.2) is 23.9 Å². The molecule has 1 fully saturated rings. The van der Waals surface area contributed by atoms with Gasteiger partial charge in [0.05, 0.1) is 0 Å². The molecule has 0 amide bonds. The summed E-state index contributed by atoms with van der Waals surface area (Å²) in [6.07, 6.45) is 8.85. The molecule has 0 radical (unpaired) electrons. The van der Waals surface area contributed by atoms with Gasteiger partial charge in [-0.25, -0.2) is 0 Å². The third kappa shape index (κ3) is 6.19. The predicted octanol–water partition coefficient (Wildman–Crippen LogP) is 3.53. The van der Waals surface area contributed by atoms with Crippen LogP contribution in [0.5, 0.6) is 0 Å². The lowest BCUT2D eigenvalue weighted by Crippen LogP contribution is -2.22. The number of halogens is 1. The van der Waals surface area contributed by atoms with Gasteiger partial charge < -0.3 is 9.47 Å². The molecule has 0 bridgehead atoms. The summed E-state index contributed by atoms with van der Waals surface area (Å²) in [5.41, 5.74) is 0. The predicted molar refractivity (Wildman–Crippen MR) is 66.9 cm³/mol. The number of hydrogen-bond donors (Lipinski definition) is 0. The van der Waals surface area contributed by atoms with Crippen molar-refractivity contribution >= 4 is 22.6 Å². The Kier molecular flexibility index (Phi) is 8.10. The van der Waals surface area contributed by atoms with Crippen LogP contribution in [0.2, 0.25) is 0 Å². The highest BCUT2D eigenvalue weighted by Crippen LogP contribution is 2.14. The zero-order valence-corrected chi connectivity index (χ0v) is 11.0. The molecule has 0 aromatic carbocycles. The molecule has 1 rings (SSSR count). The zero-order chi connectivity index (χ0) is 10.1. The molecule has 1 atom stereocenters. The molecule has 0 spiro atoms. The molecule has 2 nitrogen and oxygen atoms in total. The van der Waals surface area contributed by atoms with Crippen molar-refractivity contribution in [1.29, 1.82) is 0 Å². The Bertz CT molecular complexity index is 124. The molecule has 0 aliphatic carbocycles. The van der Waals surface area contributed by atoms with Crippen LogP contribution in [0.3, 0.4) is 0 Å². The van der Waals surface area contributed by atoms with Crippen LogP contribution in [0.25, 0.3) is 0 Å². The molecular weight excluding hydrogens is 291 g/mol. The average Bonchev–Trinajstić information content (AvgIpc) is 2.25. The summed E-state index contributed by atoms with van der Waals surface area (Å²) in [4.78, 5) is 0. The molecular formula is C11H21IO2. The minimum absolute atomic E-state index is 0.105. The molecule has 14 heavy (non-hydrogen) atoms. The van der Waals surface area contributed by atoms with E-state index < -0.39 is 0 Å². The van der Waals surface area contributed by atoms with Gasteiger partial charge in [0.15, 0.2) is 6.29 Å². The molecule has 1 aliphatic heterocycles. The molecule has 0 aromatic rings. The van der Waals surface area contributed by atoms with Gasteiger partial charge in [0.2, 0.25) is 0 Å². The normalized spacial score (nSPS) is 22.5. The molecule has 84 valence electrons. The maximum atomic E-state index is 5.64. The highest BCUT2D eigenvalue weighted by atomic mass is 127. The van der Waals surface area contributed by atoms with Crippen molar-refractivity contribution in [2.24, 2.45) is 0 Å². The van der Waals surface area contributed by atoms with Gasteiger partial charge in [-0.1, -0.05) is 35.4 Å². The number of alkyl halides is 1. The maximum absolute atomic E-state index is 5.64. The van der Waals surface area contributed by atoms with E-state index in [0.717, 1.165) is 19.6 Å². The summed E-state index contributed by atoms with van der Waals surface area (Å²) in [5.74, 6) is 0. The molecule has 0 unspecified atom stereocenters. The smallest absolute Gasteiger partial charge is 0.157 e. The lowest BCUT2D eigenvalue weighted by atomic mass is 10.2. The van der Waals surface area contributed by atoms with Gasteiger partial charge in [-0.3, -0.25) is 0 Å². The first-order chi connectivity index (χ1) is 6.93. The van der Waals surface area contributed by atoms with E-state index in [1.165, 1.54) is 43.0 Å². The van der Waals surface area contributed by atoms with E-state index >= 15 is 0 Å². The van der Waals surface area contributed by atoms with Crippen molar-refractivity contribution < 1.29 is 9.47 Å². The SMILES string of the molecule is ICCCCCCO[C@H]1CCCCO1. The number of rotatable bonds is 7. The Morgan fingerprint density at radius 3 is 2.71 bits per heavy atom. The molecule has 1 aliphatic rings. The van der Waals surface area contributed by atoms with E-state index in [4.69, 9.17) is 9.47 Å². The largest absolute Gasteiger partial charge is 0.353 e. The van der Waals surface area contributed by atoms with Crippen LogP contribution in [0.15, 0.2) is 0 Å². The standard InChI is InChI=1S/C11H21IO2/c12-8-4-1-2-5-9-13-11-7-3-6-10-14-11/h11H,1-10H2/t11-/m1/s1. The van der Waals surface area contributed by atoms with Crippen LogP contribution in [-0.2, 0) is 9.47 Å². The van der Waals surface area contributed by atoms with Crippen LogP contribution in [0.4, 0.5) is 0 Å². The Morgan fingerprint density at radius 2 is 2.00 bits per heavy atom. The van der Waals surface area contributed by atoms with E-state index in [9.17, 15) is 0 Å². The van der Waals surface area contributed by atoms with Gasteiger partial charge in [0, 0.05) is 13.2 Å².